The van der Waals surface area contributed by atoms with Crippen molar-refractivity contribution in [3.63, 3.8) is 0 Å². The Morgan fingerprint density at radius 1 is 1.11 bits per heavy atom. The molecule has 0 atom stereocenters. The molecule has 0 fully saturated rings. The van der Waals surface area contributed by atoms with E-state index in [0.29, 0.717) is 6.54 Å². The van der Waals surface area contributed by atoms with Crippen molar-refractivity contribution in [1.82, 2.24) is 4.98 Å². The molecule has 0 saturated heterocycles. The zero-order valence-electron chi connectivity index (χ0n) is 10.0. The van der Waals surface area contributed by atoms with Crippen LogP contribution >= 0.6 is 11.3 Å². The Morgan fingerprint density at radius 3 is 2.63 bits per heavy atom. The van der Waals surface area contributed by atoms with Gasteiger partial charge in [0.15, 0.2) is 0 Å². The molecule has 1 heterocycles. The standard InChI is InChI=1S/C14H10N4S/c15-18-16-9-10-5-7-11(8-6-10)14-17-12-3-1-2-4-13(12)19-14/h1-8H,9H2. The Hall–Kier alpha value is -2.36. The van der Waals surface area contributed by atoms with Gasteiger partial charge < -0.3 is 0 Å². The van der Waals surface area contributed by atoms with Crippen molar-refractivity contribution >= 4 is 21.6 Å². The first-order valence-electron chi connectivity index (χ1n) is 5.82. The highest BCUT2D eigenvalue weighted by atomic mass is 32.1. The molecule has 4 nitrogen and oxygen atoms in total. The summed E-state index contributed by atoms with van der Waals surface area (Å²) >= 11 is 1.68. The van der Waals surface area contributed by atoms with Crippen LogP contribution in [0.4, 0.5) is 0 Å². The monoisotopic (exact) mass is 266 g/mol. The molecule has 2 aromatic carbocycles. The topological polar surface area (TPSA) is 61.7 Å². The number of para-hydroxylation sites is 1. The van der Waals surface area contributed by atoms with Gasteiger partial charge in [-0.3, -0.25) is 0 Å². The first kappa shape index (κ1) is 11.7. The summed E-state index contributed by atoms with van der Waals surface area (Å²) in [6, 6.07) is 16.1. The van der Waals surface area contributed by atoms with Gasteiger partial charge in [-0.25, -0.2) is 4.98 Å². The van der Waals surface area contributed by atoms with E-state index in [2.05, 4.69) is 21.1 Å². The van der Waals surface area contributed by atoms with Crippen LogP contribution in [0, 0.1) is 0 Å². The zero-order chi connectivity index (χ0) is 13.1. The first-order valence-corrected chi connectivity index (χ1v) is 6.64. The lowest BCUT2D eigenvalue weighted by Crippen LogP contribution is -1.81. The molecule has 0 bridgehead atoms. The van der Waals surface area contributed by atoms with Gasteiger partial charge in [0, 0.05) is 10.5 Å². The number of rotatable bonds is 3. The summed E-state index contributed by atoms with van der Waals surface area (Å²) in [7, 11) is 0. The number of thiazole rings is 1. The average Bonchev–Trinajstić information content (AvgIpc) is 2.89. The molecule has 92 valence electrons. The van der Waals surface area contributed by atoms with Crippen LogP contribution < -0.4 is 0 Å². The molecular formula is C14H10N4S. The lowest BCUT2D eigenvalue weighted by atomic mass is 10.1. The Morgan fingerprint density at radius 2 is 1.89 bits per heavy atom. The number of azide groups is 1. The summed E-state index contributed by atoms with van der Waals surface area (Å²) in [6.45, 7) is 0.386. The second-order valence-electron chi connectivity index (χ2n) is 4.07. The van der Waals surface area contributed by atoms with Gasteiger partial charge >= 0.3 is 0 Å². The maximum atomic E-state index is 8.29. The number of fused-ring (bicyclic) bond motifs is 1. The molecule has 1 aromatic heterocycles. The van der Waals surface area contributed by atoms with E-state index in [1.54, 1.807) is 11.3 Å². The third kappa shape index (κ3) is 2.42. The van der Waals surface area contributed by atoms with Crippen molar-refractivity contribution in [2.75, 3.05) is 0 Å². The molecule has 0 aliphatic heterocycles. The van der Waals surface area contributed by atoms with E-state index in [4.69, 9.17) is 5.53 Å². The van der Waals surface area contributed by atoms with Crippen LogP contribution in [-0.2, 0) is 6.54 Å². The quantitative estimate of drug-likeness (QED) is 0.382. The number of aromatic nitrogens is 1. The maximum Gasteiger partial charge on any atom is 0.124 e. The van der Waals surface area contributed by atoms with Gasteiger partial charge in [0.25, 0.3) is 0 Å². The lowest BCUT2D eigenvalue weighted by Gasteiger charge is -1.98. The second kappa shape index (κ2) is 5.10. The summed E-state index contributed by atoms with van der Waals surface area (Å²) in [5, 5.41) is 4.56. The highest BCUT2D eigenvalue weighted by Crippen LogP contribution is 2.29. The number of hydrogen-bond acceptors (Lipinski definition) is 3. The third-order valence-corrected chi connectivity index (χ3v) is 3.90. The number of benzene rings is 2. The van der Waals surface area contributed by atoms with Gasteiger partial charge in [0.05, 0.1) is 16.8 Å². The lowest BCUT2D eigenvalue weighted by molar-refractivity contribution is 1.05. The first-order chi connectivity index (χ1) is 9.36. The molecule has 0 N–H and O–H groups in total. The van der Waals surface area contributed by atoms with Crippen LogP contribution in [0.3, 0.4) is 0 Å². The van der Waals surface area contributed by atoms with Crippen molar-refractivity contribution in [3.8, 4) is 10.6 Å². The molecule has 0 amide bonds. The van der Waals surface area contributed by atoms with Crippen LogP contribution in [0.25, 0.3) is 31.2 Å². The predicted octanol–water partition coefficient (Wildman–Crippen LogP) is 4.77. The van der Waals surface area contributed by atoms with Crippen LogP contribution in [0.1, 0.15) is 5.56 Å². The Bertz CT molecular complexity index is 721. The zero-order valence-corrected chi connectivity index (χ0v) is 10.8. The fourth-order valence-electron chi connectivity index (χ4n) is 1.86. The van der Waals surface area contributed by atoms with E-state index in [9.17, 15) is 0 Å². The van der Waals surface area contributed by atoms with E-state index >= 15 is 0 Å². The van der Waals surface area contributed by atoms with E-state index in [0.717, 1.165) is 21.7 Å². The van der Waals surface area contributed by atoms with Crippen molar-refractivity contribution in [2.24, 2.45) is 5.11 Å². The minimum Gasteiger partial charge on any atom is -0.236 e. The molecule has 0 saturated carbocycles. The van der Waals surface area contributed by atoms with Crippen LogP contribution in [0.15, 0.2) is 53.6 Å². The van der Waals surface area contributed by atoms with Crippen LogP contribution in [0.5, 0.6) is 0 Å². The van der Waals surface area contributed by atoms with E-state index in [-0.39, 0.29) is 0 Å². The van der Waals surface area contributed by atoms with Gasteiger partial charge in [-0.15, -0.1) is 11.3 Å². The normalized spacial score (nSPS) is 10.3. The minimum absolute atomic E-state index is 0.386. The van der Waals surface area contributed by atoms with E-state index < -0.39 is 0 Å². The maximum absolute atomic E-state index is 8.29. The smallest absolute Gasteiger partial charge is 0.124 e. The Kier molecular flexibility index (Phi) is 3.14. The van der Waals surface area contributed by atoms with Crippen molar-refractivity contribution in [3.05, 3.63) is 64.5 Å². The molecule has 3 aromatic rings. The van der Waals surface area contributed by atoms with Gasteiger partial charge in [-0.1, -0.05) is 41.5 Å². The van der Waals surface area contributed by atoms with E-state index in [1.165, 1.54) is 4.70 Å². The summed E-state index contributed by atoms with van der Waals surface area (Å²) in [5.41, 5.74) is 11.4. The molecule has 5 heteroatoms. The molecule has 0 spiro atoms. The summed E-state index contributed by atoms with van der Waals surface area (Å²) < 4.78 is 1.19. The average molecular weight is 266 g/mol. The molecule has 19 heavy (non-hydrogen) atoms. The highest BCUT2D eigenvalue weighted by molar-refractivity contribution is 7.21. The van der Waals surface area contributed by atoms with Gasteiger partial charge in [-0.05, 0) is 23.2 Å². The van der Waals surface area contributed by atoms with E-state index in [1.807, 2.05) is 42.5 Å². The fraction of sp³-hybridized carbons (Fsp3) is 0.0714. The highest BCUT2D eigenvalue weighted by Gasteiger charge is 2.05. The van der Waals surface area contributed by atoms with Gasteiger partial charge in [0.1, 0.15) is 5.01 Å². The molecule has 0 unspecified atom stereocenters. The number of nitrogens with zero attached hydrogens (tertiary/aromatic N) is 4. The summed E-state index contributed by atoms with van der Waals surface area (Å²) in [6.07, 6.45) is 0. The SMILES string of the molecule is [N-]=[N+]=NCc1ccc(-c2nc3ccccc3s2)cc1. The minimum atomic E-state index is 0.386. The second-order valence-corrected chi connectivity index (χ2v) is 5.10. The summed E-state index contributed by atoms with van der Waals surface area (Å²) in [4.78, 5) is 7.37. The van der Waals surface area contributed by atoms with Crippen LogP contribution in [0.2, 0.25) is 0 Å². The van der Waals surface area contributed by atoms with Crippen molar-refractivity contribution in [1.29, 1.82) is 0 Å². The molecule has 0 aliphatic carbocycles. The summed E-state index contributed by atoms with van der Waals surface area (Å²) in [5.74, 6) is 0. The molecule has 0 radical (unpaired) electrons. The fourth-order valence-corrected chi connectivity index (χ4v) is 2.83. The third-order valence-electron chi connectivity index (χ3n) is 2.81. The van der Waals surface area contributed by atoms with Crippen molar-refractivity contribution in [2.45, 2.75) is 6.54 Å². The van der Waals surface area contributed by atoms with Gasteiger partial charge in [0.2, 0.25) is 0 Å². The predicted molar refractivity (Wildman–Crippen MR) is 77.9 cm³/mol. The molecular weight excluding hydrogens is 256 g/mol. The largest absolute Gasteiger partial charge is 0.236 e. The molecule has 3 rings (SSSR count). The Labute approximate surface area is 114 Å². The number of hydrogen-bond donors (Lipinski definition) is 0. The van der Waals surface area contributed by atoms with Gasteiger partial charge in [-0.2, -0.15) is 0 Å². The van der Waals surface area contributed by atoms with Crippen molar-refractivity contribution < 1.29 is 0 Å². The Balaban J connectivity index is 1.95. The molecule has 0 aliphatic rings. The van der Waals surface area contributed by atoms with Crippen LogP contribution in [-0.4, -0.2) is 4.98 Å².